The summed E-state index contributed by atoms with van der Waals surface area (Å²) in [6.45, 7) is 3.36. The maximum Gasteiger partial charge on any atom is 0.0950 e. The van der Waals surface area contributed by atoms with Crippen LogP contribution in [0.15, 0.2) is 23.0 Å². The maximum absolute atomic E-state index is 5.09. The summed E-state index contributed by atoms with van der Waals surface area (Å²) in [5, 5.41) is 3.59. The van der Waals surface area contributed by atoms with E-state index in [4.69, 9.17) is 4.42 Å². The molecule has 0 bridgehead atoms. The minimum absolute atomic E-state index is 0.422. The molecule has 1 aliphatic rings. The van der Waals surface area contributed by atoms with Crippen LogP contribution in [0, 0.1) is 5.92 Å². The van der Waals surface area contributed by atoms with Gasteiger partial charge in [0, 0.05) is 11.6 Å². The van der Waals surface area contributed by atoms with E-state index in [9.17, 15) is 0 Å². The lowest BCUT2D eigenvalue weighted by atomic mass is 9.89. The van der Waals surface area contributed by atoms with Gasteiger partial charge in [0.25, 0.3) is 0 Å². The van der Waals surface area contributed by atoms with E-state index in [0.29, 0.717) is 6.04 Å². The van der Waals surface area contributed by atoms with E-state index >= 15 is 0 Å². The molecule has 1 atom stereocenters. The van der Waals surface area contributed by atoms with Crippen molar-refractivity contribution in [3.8, 4) is 0 Å². The van der Waals surface area contributed by atoms with Gasteiger partial charge in [-0.15, -0.1) is 0 Å². The SMILES string of the molecule is CC(NCC1CCCCC1)c1ccoc1. The van der Waals surface area contributed by atoms with Crippen molar-refractivity contribution < 1.29 is 4.42 Å². The summed E-state index contributed by atoms with van der Waals surface area (Å²) in [5.74, 6) is 0.896. The van der Waals surface area contributed by atoms with Crippen molar-refractivity contribution in [3.05, 3.63) is 24.2 Å². The fourth-order valence-electron chi connectivity index (χ4n) is 2.37. The van der Waals surface area contributed by atoms with Gasteiger partial charge in [-0.3, -0.25) is 0 Å². The van der Waals surface area contributed by atoms with E-state index < -0.39 is 0 Å². The summed E-state index contributed by atoms with van der Waals surface area (Å²) < 4.78 is 5.09. The van der Waals surface area contributed by atoms with Gasteiger partial charge in [-0.25, -0.2) is 0 Å². The van der Waals surface area contributed by atoms with Gasteiger partial charge in [0.15, 0.2) is 0 Å². The molecule has 1 aromatic heterocycles. The van der Waals surface area contributed by atoms with E-state index in [2.05, 4.69) is 12.2 Å². The third-order valence-corrected chi connectivity index (χ3v) is 3.48. The zero-order valence-electron chi connectivity index (χ0n) is 9.54. The Hall–Kier alpha value is -0.760. The van der Waals surface area contributed by atoms with Crippen molar-refractivity contribution in [1.29, 1.82) is 0 Å². The second-order valence-electron chi connectivity index (χ2n) is 4.69. The Bertz CT molecular complexity index is 262. The minimum atomic E-state index is 0.422. The summed E-state index contributed by atoms with van der Waals surface area (Å²) in [7, 11) is 0. The van der Waals surface area contributed by atoms with Crippen LogP contribution in [0.5, 0.6) is 0 Å². The van der Waals surface area contributed by atoms with Crippen molar-refractivity contribution in [2.24, 2.45) is 5.92 Å². The summed E-state index contributed by atoms with van der Waals surface area (Å²) >= 11 is 0. The van der Waals surface area contributed by atoms with Crippen molar-refractivity contribution in [3.63, 3.8) is 0 Å². The molecule has 1 saturated carbocycles. The highest BCUT2D eigenvalue weighted by atomic mass is 16.3. The highest BCUT2D eigenvalue weighted by Crippen LogP contribution is 2.23. The molecular weight excluding hydrogens is 186 g/mol. The third kappa shape index (κ3) is 3.10. The van der Waals surface area contributed by atoms with Gasteiger partial charge in [0.1, 0.15) is 0 Å². The number of nitrogens with one attached hydrogen (secondary N) is 1. The third-order valence-electron chi connectivity index (χ3n) is 3.48. The molecular formula is C13H21NO. The highest BCUT2D eigenvalue weighted by molar-refractivity contribution is 5.10. The molecule has 0 aromatic carbocycles. The van der Waals surface area contributed by atoms with Gasteiger partial charge in [0.05, 0.1) is 12.5 Å². The van der Waals surface area contributed by atoms with Crippen LogP contribution in [0.3, 0.4) is 0 Å². The molecule has 1 fully saturated rings. The Morgan fingerprint density at radius 3 is 2.87 bits per heavy atom. The first-order valence-corrected chi connectivity index (χ1v) is 6.12. The maximum atomic E-state index is 5.09. The minimum Gasteiger partial charge on any atom is -0.472 e. The summed E-state index contributed by atoms with van der Waals surface area (Å²) in [5.41, 5.74) is 1.26. The second kappa shape index (κ2) is 5.36. The van der Waals surface area contributed by atoms with Crippen molar-refractivity contribution in [2.45, 2.75) is 45.1 Å². The topological polar surface area (TPSA) is 25.2 Å². The van der Waals surface area contributed by atoms with E-state index in [1.807, 2.05) is 12.3 Å². The number of furan rings is 1. The van der Waals surface area contributed by atoms with Gasteiger partial charge in [0.2, 0.25) is 0 Å². The Morgan fingerprint density at radius 2 is 2.20 bits per heavy atom. The smallest absolute Gasteiger partial charge is 0.0950 e. The number of hydrogen-bond acceptors (Lipinski definition) is 2. The average molecular weight is 207 g/mol. The van der Waals surface area contributed by atoms with E-state index in [-0.39, 0.29) is 0 Å². The van der Waals surface area contributed by atoms with Crippen molar-refractivity contribution >= 4 is 0 Å². The molecule has 0 spiro atoms. The number of hydrogen-bond donors (Lipinski definition) is 1. The monoisotopic (exact) mass is 207 g/mol. The molecule has 0 amide bonds. The molecule has 84 valence electrons. The van der Waals surface area contributed by atoms with Gasteiger partial charge in [-0.2, -0.15) is 0 Å². The molecule has 2 heteroatoms. The Balaban J connectivity index is 1.73. The van der Waals surface area contributed by atoms with Gasteiger partial charge in [-0.1, -0.05) is 19.3 Å². The normalized spacial score (nSPS) is 20.3. The fraction of sp³-hybridized carbons (Fsp3) is 0.692. The molecule has 2 rings (SSSR count). The van der Waals surface area contributed by atoms with E-state index in [0.717, 1.165) is 12.5 Å². The molecule has 0 aliphatic heterocycles. The van der Waals surface area contributed by atoms with Crippen LogP contribution in [0.4, 0.5) is 0 Å². The molecule has 15 heavy (non-hydrogen) atoms. The summed E-state index contributed by atoms with van der Waals surface area (Å²) in [6.07, 6.45) is 10.7. The highest BCUT2D eigenvalue weighted by Gasteiger charge is 2.14. The summed E-state index contributed by atoms with van der Waals surface area (Å²) in [6, 6.07) is 2.46. The lowest BCUT2D eigenvalue weighted by molar-refractivity contribution is 0.331. The lowest BCUT2D eigenvalue weighted by Gasteiger charge is -2.23. The zero-order valence-corrected chi connectivity index (χ0v) is 9.54. The van der Waals surface area contributed by atoms with Crippen LogP contribution < -0.4 is 5.32 Å². The standard InChI is InChI=1S/C13H21NO/c1-11(13-7-8-15-10-13)14-9-12-5-3-2-4-6-12/h7-8,10-12,14H,2-6,9H2,1H3. The van der Waals surface area contributed by atoms with Crippen LogP contribution in [0.2, 0.25) is 0 Å². The fourth-order valence-corrected chi connectivity index (χ4v) is 2.37. The molecule has 0 saturated heterocycles. The number of rotatable bonds is 4. The predicted octanol–water partition coefficient (Wildman–Crippen LogP) is 3.51. The quantitative estimate of drug-likeness (QED) is 0.817. The van der Waals surface area contributed by atoms with Crippen LogP contribution in [-0.4, -0.2) is 6.54 Å². The van der Waals surface area contributed by atoms with Gasteiger partial charge >= 0.3 is 0 Å². The molecule has 2 nitrogen and oxygen atoms in total. The zero-order chi connectivity index (χ0) is 10.5. The average Bonchev–Trinajstić information content (AvgIpc) is 2.81. The molecule has 1 aliphatic carbocycles. The second-order valence-corrected chi connectivity index (χ2v) is 4.69. The Kier molecular flexibility index (Phi) is 3.84. The molecule has 1 aromatic rings. The predicted molar refractivity (Wildman–Crippen MR) is 61.7 cm³/mol. The van der Waals surface area contributed by atoms with E-state index in [1.54, 1.807) is 6.26 Å². The Morgan fingerprint density at radius 1 is 1.40 bits per heavy atom. The molecule has 0 radical (unpaired) electrons. The first-order chi connectivity index (χ1) is 7.36. The molecule has 1 heterocycles. The van der Waals surface area contributed by atoms with Crippen molar-refractivity contribution in [1.82, 2.24) is 5.32 Å². The largest absolute Gasteiger partial charge is 0.472 e. The first-order valence-electron chi connectivity index (χ1n) is 6.12. The molecule has 1 N–H and O–H groups in total. The Labute approximate surface area is 92.1 Å². The lowest BCUT2D eigenvalue weighted by Crippen LogP contribution is -2.26. The van der Waals surface area contributed by atoms with Gasteiger partial charge in [-0.05, 0) is 38.3 Å². The molecule has 1 unspecified atom stereocenters. The summed E-state index contributed by atoms with van der Waals surface area (Å²) in [4.78, 5) is 0. The van der Waals surface area contributed by atoms with Crippen LogP contribution >= 0.6 is 0 Å². The van der Waals surface area contributed by atoms with Crippen LogP contribution in [-0.2, 0) is 0 Å². The van der Waals surface area contributed by atoms with Gasteiger partial charge < -0.3 is 9.73 Å². The van der Waals surface area contributed by atoms with E-state index in [1.165, 1.54) is 37.7 Å². The first kappa shape index (κ1) is 10.7. The van der Waals surface area contributed by atoms with Crippen molar-refractivity contribution in [2.75, 3.05) is 6.54 Å². The van der Waals surface area contributed by atoms with Crippen LogP contribution in [0.25, 0.3) is 0 Å². The van der Waals surface area contributed by atoms with Crippen LogP contribution in [0.1, 0.15) is 50.6 Å².